The molecule has 0 aromatic rings. The summed E-state index contributed by atoms with van der Waals surface area (Å²) >= 11 is 0. The summed E-state index contributed by atoms with van der Waals surface area (Å²) in [5, 5.41) is 19.4. The SMILES string of the molecule is CCO.CCON1C(C)(C)CC(O)CC1(C)C. The molecule has 0 aromatic carbocycles. The van der Waals surface area contributed by atoms with Gasteiger partial charge in [-0.3, -0.25) is 4.84 Å². The number of aliphatic hydroxyl groups is 2. The summed E-state index contributed by atoms with van der Waals surface area (Å²) in [7, 11) is 0. The van der Waals surface area contributed by atoms with E-state index in [4.69, 9.17) is 9.94 Å². The van der Waals surface area contributed by atoms with E-state index in [9.17, 15) is 5.11 Å². The summed E-state index contributed by atoms with van der Waals surface area (Å²) in [5.41, 5.74) is -0.172. The Balaban J connectivity index is 0.000000770. The predicted octanol–water partition coefficient (Wildman–Crippen LogP) is 1.95. The van der Waals surface area contributed by atoms with Crippen LogP contribution in [0.2, 0.25) is 0 Å². The van der Waals surface area contributed by atoms with E-state index < -0.39 is 0 Å². The van der Waals surface area contributed by atoms with Gasteiger partial charge in [0.05, 0.1) is 12.7 Å². The van der Waals surface area contributed by atoms with E-state index in [0.717, 1.165) is 12.8 Å². The van der Waals surface area contributed by atoms with Crippen LogP contribution in [0.1, 0.15) is 54.4 Å². The van der Waals surface area contributed by atoms with E-state index in [1.165, 1.54) is 0 Å². The molecule has 0 aliphatic carbocycles. The molecule has 1 saturated heterocycles. The Hall–Kier alpha value is -0.160. The van der Waals surface area contributed by atoms with Gasteiger partial charge in [0.2, 0.25) is 0 Å². The second-order valence-corrected chi connectivity index (χ2v) is 5.72. The molecular weight excluding hydrogens is 218 g/mol. The Bertz CT molecular complexity index is 199. The van der Waals surface area contributed by atoms with Crippen LogP contribution in [-0.4, -0.2) is 45.7 Å². The molecule has 0 unspecified atom stereocenters. The highest BCUT2D eigenvalue weighted by atomic mass is 16.7. The summed E-state index contributed by atoms with van der Waals surface area (Å²) in [6.45, 7) is 13.1. The zero-order chi connectivity index (χ0) is 13.7. The number of hydroxylamine groups is 2. The van der Waals surface area contributed by atoms with Crippen LogP contribution in [0.5, 0.6) is 0 Å². The molecule has 4 nitrogen and oxygen atoms in total. The fourth-order valence-electron chi connectivity index (χ4n) is 2.69. The van der Waals surface area contributed by atoms with Crippen molar-refractivity contribution in [1.82, 2.24) is 5.06 Å². The van der Waals surface area contributed by atoms with Crippen molar-refractivity contribution in [2.75, 3.05) is 13.2 Å². The van der Waals surface area contributed by atoms with Crippen LogP contribution in [0.15, 0.2) is 0 Å². The van der Waals surface area contributed by atoms with Gasteiger partial charge in [0, 0.05) is 17.7 Å². The van der Waals surface area contributed by atoms with Gasteiger partial charge in [0.25, 0.3) is 0 Å². The molecule has 1 heterocycles. The monoisotopic (exact) mass is 247 g/mol. The van der Waals surface area contributed by atoms with E-state index in [-0.39, 0.29) is 23.8 Å². The largest absolute Gasteiger partial charge is 0.397 e. The van der Waals surface area contributed by atoms with E-state index in [1.807, 2.05) is 12.0 Å². The number of hydrogen-bond donors (Lipinski definition) is 2. The van der Waals surface area contributed by atoms with Gasteiger partial charge in [-0.2, -0.15) is 5.06 Å². The first-order chi connectivity index (χ1) is 7.71. The Kier molecular flexibility index (Phi) is 6.62. The molecule has 0 saturated carbocycles. The van der Waals surface area contributed by atoms with Crippen LogP contribution < -0.4 is 0 Å². The van der Waals surface area contributed by atoms with Crippen molar-refractivity contribution in [3.05, 3.63) is 0 Å². The van der Waals surface area contributed by atoms with Crippen LogP contribution >= 0.6 is 0 Å². The molecule has 0 radical (unpaired) electrons. The molecule has 1 rings (SSSR count). The first kappa shape index (κ1) is 16.8. The highest BCUT2D eigenvalue weighted by Crippen LogP contribution is 2.38. The molecule has 4 heteroatoms. The number of hydrogen-bond acceptors (Lipinski definition) is 4. The smallest absolute Gasteiger partial charge is 0.0657 e. The second-order valence-electron chi connectivity index (χ2n) is 5.72. The van der Waals surface area contributed by atoms with Crippen molar-refractivity contribution >= 4 is 0 Å². The lowest BCUT2D eigenvalue weighted by atomic mass is 9.80. The Morgan fingerprint density at radius 1 is 1.12 bits per heavy atom. The molecule has 1 fully saturated rings. The first-order valence-electron chi connectivity index (χ1n) is 6.43. The molecule has 0 spiro atoms. The third-order valence-electron chi connectivity index (χ3n) is 2.83. The van der Waals surface area contributed by atoms with Crippen molar-refractivity contribution < 1.29 is 15.1 Å². The van der Waals surface area contributed by atoms with Crippen LogP contribution in [0.25, 0.3) is 0 Å². The van der Waals surface area contributed by atoms with Crippen molar-refractivity contribution in [1.29, 1.82) is 0 Å². The van der Waals surface area contributed by atoms with Crippen LogP contribution in [0.4, 0.5) is 0 Å². The van der Waals surface area contributed by atoms with Gasteiger partial charge in [-0.05, 0) is 54.4 Å². The first-order valence-corrected chi connectivity index (χ1v) is 6.43. The Morgan fingerprint density at radius 2 is 1.47 bits per heavy atom. The third-order valence-corrected chi connectivity index (χ3v) is 2.83. The average Bonchev–Trinajstić information content (AvgIpc) is 2.10. The van der Waals surface area contributed by atoms with Gasteiger partial charge >= 0.3 is 0 Å². The van der Waals surface area contributed by atoms with E-state index in [0.29, 0.717) is 6.61 Å². The van der Waals surface area contributed by atoms with Crippen LogP contribution in [-0.2, 0) is 4.84 Å². The quantitative estimate of drug-likeness (QED) is 0.783. The van der Waals surface area contributed by atoms with Crippen molar-refractivity contribution in [3.63, 3.8) is 0 Å². The Labute approximate surface area is 106 Å². The number of rotatable bonds is 2. The van der Waals surface area contributed by atoms with Crippen LogP contribution in [0.3, 0.4) is 0 Å². The minimum absolute atomic E-state index is 0.0861. The molecular formula is C13H29NO3. The van der Waals surface area contributed by atoms with Gasteiger partial charge in [0.1, 0.15) is 0 Å². The van der Waals surface area contributed by atoms with Crippen LogP contribution in [0, 0.1) is 0 Å². The maximum absolute atomic E-state index is 9.78. The van der Waals surface area contributed by atoms with E-state index in [1.54, 1.807) is 6.92 Å². The van der Waals surface area contributed by atoms with Gasteiger partial charge in [0.15, 0.2) is 0 Å². The maximum atomic E-state index is 9.78. The second kappa shape index (κ2) is 6.69. The molecule has 0 amide bonds. The summed E-state index contributed by atoms with van der Waals surface area (Å²) in [6, 6.07) is 0. The minimum atomic E-state index is -0.211. The molecule has 1 aliphatic rings. The summed E-state index contributed by atoms with van der Waals surface area (Å²) < 4.78 is 0. The lowest BCUT2D eigenvalue weighted by Gasteiger charge is -2.52. The van der Waals surface area contributed by atoms with Gasteiger partial charge < -0.3 is 10.2 Å². The Morgan fingerprint density at radius 3 is 1.76 bits per heavy atom. The summed E-state index contributed by atoms with van der Waals surface area (Å²) in [6.07, 6.45) is 1.34. The van der Waals surface area contributed by atoms with E-state index in [2.05, 4.69) is 27.7 Å². The summed E-state index contributed by atoms with van der Waals surface area (Å²) in [5.74, 6) is 0. The zero-order valence-electron chi connectivity index (χ0n) is 12.2. The highest BCUT2D eigenvalue weighted by molar-refractivity contribution is 4.96. The molecule has 0 aromatic heterocycles. The van der Waals surface area contributed by atoms with Gasteiger partial charge in [-0.1, -0.05) is 0 Å². The van der Waals surface area contributed by atoms with Gasteiger partial charge in [-0.25, -0.2) is 0 Å². The molecule has 0 atom stereocenters. The maximum Gasteiger partial charge on any atom is 0.0657 e. The normalized spacial score (nSPS) is 24.0. The topological polar surface area (TPSA) is 52.9 Å². The lowest BCUT2D eigenvalue weighted by Crippen LogP contribution is -2.61. The van der Waals surface area contributed by atoms with Crippen molar-refractivity contribution in [2.24, 2.45) is 0 Å². The number of nitrogens with zero attached hydrogens (tertiary/aromatic N) is 1. The minimum Gasteiger partial charge on any atom is -0.397 e. The fraction of sp³-hybridized carbons (Fsp3) is 1.00. The fourth-order valence-corrected chi connectivity index (χ4v) is 2.69. The van der Waals surface area contributed by atoms with Gasteiger partial charge in [-0.15, -0.1) is 0 Å². The summed E-state index contributed by atoms with van der Waals surface area (Å²) in [4.78, 5) is 5.68. The standard InChI is InChI=1S/C11H23NO2.C2H6O/c1-6-14-12-10(2,3)7-9(13)8-11(12,4)5;1-2-3/h9,13H,6-8H2,1-5H3;3H,2H2,1H3. The molecule has 2 N–H and O–H groups in total. The molecule has 17 heavy (non-hydrogen) atoms. The van der Waals surface area contributed by atoms with Crippen molar-refractivity contribution in [3.8, 4) is 0 Å². The third kappa shape index (κ3) is 4.92. The zero-order valence-corrected chi connectivity index (χ0v) is 12.2. The average molecular weight is 247 g/mol. The van der Waals surface area contributed by atoms with Crippen molar-refractivity contribution in [2.45, 2.75) is 71.6 Å². The van der Waals surface area contributed by atoms with E-state index >= 15 is 0 Å². The molecule has 1 aliphatic heterocycles. The number of aliphatic hydroxyl groups excluding tert-OH is 2. The predicted molar refractivity (Wildman–Crippen MR) is 69.6 cm³/mol. The highest BCUT2D eigenvalue weighted by Gasteiger charge is 2.45. The lowest BCUT2D eigenvalue weighted by molar-refractivity contribution is -0.289. The number of piperidine rings is 1. The molecule has 104 valence electrons. The molecule has 0 bridgehead atoms.